The maximum absolute atomic E-state index is 10.5. The van der Waals surface area contributed by atoms with Crippen LogP contribution in [0.15, 0.2) is 133 Å². The van der Waals surface area contributed by atoms with Crippen LogP contribution in [-0.4, -0.2) is 100 Å². The van der Waals surface area contributed by atoms with Crippen LogP contribution in [0.25, 0.3) is 0 Å². The smallest absolute Gasteiger partial charge is 0.0926 e. The Labute approximate surface area is 517 Å². The van der Waals surface area contributed by atoms with Gasteiger partial charge >= 0.3 is 0 Å². The van der Waals surface area contributed by atoms with Crippen LogP contribution in [0.5, 0.6) is 0 Å². The van der Waals surface area contributed by atoms with Gasteiger partial charge in [-0.05, 0) is 267 Å². The Kier molecular flexibility index (Phi) is 35.5. The molecule has 4 fully saturated rings. The monoisotopic (exact) mass is 1170 g/mol. The van der Waals surface area contributed by atoms with Gasteiger partial charge in [0.2, 0.25) is 0 Å². The highest BCUT2D eigenvalue weighted by molar-refractivity contribution is 5.09. The van der Waals surface area contributed by atoms with E-state index in [1.807, 2.05) is 79.7 Å². The summed E-state index contributed by atoms with van der Waals surface area (Å²) in [7, 11) is 0. The molecular formula is C75H130O9. The van der Waals surface area contributed by atoms with Gasteiger partial charge in [-0.1, -0.05) is 100 Å². The highest BCUT2D eigenvalue weighted by Gasteiger charge is 2.46. The van der Waals surface area contributed by atoms with Gasteiger partial charge in [0.15, 0.2) is 0 Å². The van der Waals surface area contributed by atoms with Crippen molar-refractivity contribution in [3.05, 3.63) is 133 Å². The van der Waals surface area contributed by atoms with E-state index < -0.39 is 28.0 Å². The SMILES string of the molecule is C=C[C@@](C)(O)CC/C=C(\C)CCC=C(C)C.C=C[C@@]1(C)CC[C@@H](O)[C@](C)(CCC=C(C)C)O1.C=C[C@@]1(C)CC[C@H](O)[C@@](C)(CCC=C(C)C)O1.C=C[C@]1(C)CC[C@@H]([C@](C)(O)CCC=C(C)C)O1.C=C[C@]1(C)CC[C@H]([C@@](C)(O)CCC=C(C)C)O1. The molecule has 0 amide bonds. The molecule has 4 aliphatic rings. The molecular weight excluding hydrogens is 1040 g/mol. The molecule has 0 radical (unpaired) electrons. The molecule has 9 nitrogen and oxygen atoms in total. The molecule has 84 heavy (non-hydrogen) atoms. The van der Waals surface area contributed by atoms with Crippen molar-refractivity contribution in [2.75, 3.05) is 0 Å². The average Bonchev–Trinajstić information content (AvgIpc) is 4.16. The first-order valence-electron chi connectivity index (χ1n) is 31.9. The fourth-order valence-corrected chi connectivity index (χ4v) is 10.7. The van der Waals surface area contributed by atoms with Crippen LogP contribution in [0.3, 0.4) is 0 Å². The van der Waals surface area contributed by atoms with E-state index in [9.17, 15) is 25.5 Å². The number of allylic oxidation sites excluding steroid dienone is 12. The fourth-order valence-electron chi connectivity index (χ4n) is 10.7. The number of rotatable bonds is 25. The number of aliphatic hydroxyl groups excluding tert-OH is 2. The summed E-state index contributed by atoms with van der Waals surface area (Å²) in [6, 6.07) is 0. The number of aliphatic hydroxyl groups is 5. The summed E-state index contributed by atoms with van der Waals surface area (Å²) in [4.78, 5) is 0. The molecule has 13 atom stereocenters. The molecule has 0 aliphatic carbocycles. The van der Waals surface area contributed by atoms with Crippen LogP contribution in [0.2, 0.25) is 0 Å². The van der Waals surface area contributed by atoms with Gasteiger partial charge in [-0.3, -0.25) is 0 Å². The Morgan fingerprint density at radius 2 is 0.726 bits per heavy atom. The van der Waals surface area contributed by atoms with Crippen molar-refractivity contribution >= 4 is 0 Å². The maximum atomic E-state index is 10.5. The van der Waals surface area contributed by atoms with Crippen molar-refractivity contribution in [2.45, 2.75) is 342 Å². The Morgan fingerprint density at radius 1 is 0.429 bits per heavy atom. The number of ether oxygens (including phenoxy) is 4. The average molecular weight is 1180 g/mol. The largest absolute Gasteiger partial charge is 0.390 e. The minimum absolute atomic E-state index is 0.0731. The molecule has 0 aromatic carbocycles. The van der Waals surface area contributed by atoms with Gasteiger partial charge in [-0.25, -0.2) is 0 Å². The van der Waals surface area contributed by atoms with E-state index in [0.29, 0.717) is 0 Å². The molecule has 484 valence electrons. The minimum atomic E-state index is -0.743. The summed E-state index contributed by atoms with van der Waals surface area (Å²) in [5, 5.41) is 50.9. The van der Waals surface area contributed by atoms with Crippen molar-refractivity contribution in [1.82, 2.24) is 0 Å². The summed E-state index contributed by atoms with van der Waals surface area (Å²) in [5.74, 6) is 0. The van der Waals surface area contributed by atoms with Gasteiger partial charge in [-0.15, -0.1) is 32.9 Å². The zero-order chi connectivity index (χ0) is 65.0. The first-order valence-corrected chi connectivity index (χ1v) is 31.9. The standard InChI is InChI=1S/4C15H26O2.C15H26O/c2*1-6-14(4)11-9-13(17-14)15(5,16)10-7-8-12(2)3;2*1-6-14(4)11-9-13(16)15(5,17-14)10-7-8-12(2)3;1-6-15(5,16)12-8-11-14(4)10-7-9-13(2)3/h4*6,8,13,16H,1,7,9-11H2,2-5H3;6,9,11,16H,1,7-8,10,12H2,2-5H3/b;;;;14-11+/t13-,14+,15+;13-,14-,15+;13-,14+,15+;13-,14-,15+;15-/m01101/s1. The summed E-state index contributed by atoms with van der Waals surface area (Å²) in [6.45, 7) is 59.7. The Bertz CT molecular complexity index is 2060. The second-order valence-electron chi connectivity index (χ2n) is 28.3. The molecule has 0 spiro atoms. The lowest BCUT2D eigenvalue weighted by Gasteiger charge is -2.47. The molecule has 0 saturated carbocycles. The molecule has 0 bridgehead atoms. The lowest BCUT2D eigenvalue weighted by Crippen LogP contribution is -2.52. The summed E-state index contributed by atoms with van der Waals surface area (Å²) in [6.07, 6.45) is 39.1. The number of hydrogen-bond donors (Lipinski definition) is 5. The normalized spacial score (nSPS) is 31.1. The van der Waals surface area contributed by atoms with Gasteiger partial charge in [0.25, 0.3) is 0 Å². The minimum Gasteiger partial charge on any atom is -0.390 e. The molecule has 0 aromatic rings. The van der Waals surface area contributed by atoms with Crippen molar-refractivity contribution in [2.24, 2.45) is 0 Å². The molecule has 4 aliphatic heterocycles. The molecule has 4 heterocycles. The Balaban J connectivity index is 0.00000103. The first kappa shape index (κ1) is 80.8. The van der Waals surface area contributed by atoms with Crippen LogP contribution in [0, 0.1) is 0 Å². The van der Waals surface area contributed by atoms with Gasteiger partial charge in [0.05, 0.1) is 74.8 Å². The van der Waals surface area contributed by atoms with Gasteiger partial charge in [0.1, 0.15) is 0 Å². The maximum Gasteiger partial charge on any atom is 0.0926 e. The lowest BCUT2D eigenvalue weighted by molar-refractivity contribution is -0.207. The van der Waals surface area contributed by atoms with Gasteiger partial charge in [-0.2, -0.15) is 0 Å². The van der Waals surface area contributed by atoms with Crippen molar-refractivity contribution in [3.63, 3.8) is 0 Å². The van der Waals surface area contributed by atoms with Crippen LogP contribution in [0.4, 0.5) is 0 Å². The molecule has 9 heteroatoms. The van der Waals surface area contributed by atoms with Crippen LogP contribution in [0.1, 0.15) is 267 Å². The third kappa shape index (κ3) is 31.6. The van der Waals surface area contributed by atoms with Crippen LogP contribution < -0.4 is 0 Å². The van der Waals surface area contributed by atoms with E-state index in [0.717, 1.165) is 128 Å². The van der Waals surface area contributed by atoms with Crippen molar-refractivity contribution < 1.29 is 44.5 Å². The predicted octanol–water partition coefficient (Wildman–Crippen LogP) is 18.8. The highest BCUT2D eigenvalue weighted by atomic mass is 16.5. The van der Waals surface area contributed by atoms with Crippen LogP contribution >= 0.6 is 0 Å². The summed E-state index contributed by atoms with van der Waals surface area (Å²) in [5.41, 5.74) is 3.77. The van der Waals surface area contributed by atoms with Crippen molar-refractivity contribution in [3.8, 4) is 0 Å². The number of hydrogen-bond acceptors (Lipinski definition) is 9. The van der Waals surface area contributed by atoms with Crippen molar-refractivity contribution in [1.29, 1.82) is 0 Å². The van der Waals surface area contributed by atoms with Crippen LogP contribution in [-0.2, 0) is 18.9 Å². The predicted molar refractivity (Wildman–Crippen MR) is 360 cm³/mol. The highest BCUT2D eigenvalue weighted by Crippen LogP contribution is 2.42. The van der Waals surface area contributed by atoms with E-state index in [4.69, 9.17) is 18.9 Å². The van der Waals surface area contributed by atoms with E-state index in [1.165, 1.54) is 33.4 Å². The summed E-state index contributed by atoms with van der Waals surface area (Å²) < 4.78 is 24.1. The quantitative estimate of drug-likeness (QED) is 0.0566. The van der Waals surface area contributed by atoms with E-state index >= 15 is 0 Å². The van der Waals surface area contributed by atoms with E-state index in [-0.39, 0.29) is 46.8 Å². The lowest BCUT2D eigenvalue weighted by atomic mass is 9.82. The zero-order valence-electron chi connectivity index (χ0n) is 57.7. The molecule has 0 aromatic heterocycles. The van der Waals surface area contributed by atoms with E-state index in [1.54, 1.807) is 13.0 Å². The second-order valence-corrected chi connectivity index (χ2v) is 28.3. The van der Waals surface area contributed by atoms with E-state index in [2.05, 4.69) is 146 Å². The molecule has 0 unspecified atom stereocenters. The summed E-state index contributed by atoms with van der Waals surface area (Å²) >= 11 is 0. The fraction of sp³-hybridized carbons (Fsp3) is 0.707. The molecule has 4 rings (SSSR count). The Hall–Kier alpha value is -3.22. The Morgan fingerprint density at radius 3 is 1.02 bits per heavy atom. The van der Waals surface area contributed by atoms with Gasteiger partial charge < -0.3 is 44.5 Å². The zero-order valence-corrected chi connectivity index (χ0v) is 57.7. The topological polar surface area (TPSA) is 138 Å². The molecule has 5 N–H and O–H groups in total. The second kappa shape index (κ2) is 36.9. The molecule has 4 saturated heterocycles. The third-order valence-corrected chi connectivity index (χ3v) is 17.4. The van der Waals surface area contributed by atoms with Gasteiger partial charge in [0, 0.05) is 0 Å². The third-order valence-electron chi connectivity index (χ3n) is 17.4. The first-order chi connectivity index (χ1) is 38.6.